The molecule has 1 N–H and O–H groups in total. The van der Waals surface area contributed by atoms with Crippen molar-refractivity contribution >= 4 is 32.4 Å². The van der Waals surface area contributed by atoms with E-state index in [-0.39, 0.29) is 17.6 Å². The lowest BCUT2D eigenvalue weighted by Gasteiger charge is -2.29. The summed E-state index contributed by atoms with van der Waals surface area (Å²) in [6.45, 7) is 4.43. The molecule has 0 spiro atoms. The molecular formula is C12H20N4O3S2. The number of piperidine rings is 1. The van der Waals surface area contributed by atoms with Gasteiger partial charge in [-0.3, -0.25) is 4.79 Å². The maximum absolute atomic E-state index is 12.2. The molecule has 7 nitrogen and oxygen atoms in total. The molecule has 1 aliphatic heterocycles. The average molecular weight is 332 g/mol. The summed E-state index contributed by atoms with van der Waals surface area (Å²) in [5.41, 5.74) is 0. The predicted molar refractivity (Wildman–Crippen MR) is 81.7 cm³/mol. The van der Waals surface area contributed by atoms with Gasteiger partial charge in [0, 0.05) is 19.0 Å². The highest BCUT2D eigenvalue weighted by Gasteiger charge is 2.30. The van der Waals surface area contributed by atoms with Crippen LogP contribution in [-0.2, 0) is 21.2 Å². The Labute approximate surface area is 128 Å². The van der Waals surface area contributed by atoms with E-state index in [0.717, 1.165) is 11.4 Å². The quantitative estimate of drug-likeness (QED) is 0.871. The van der Waals surface area contributed by atoms with Crippen molar-refractivity contribution in [1.82, 2.24) is 14.5 Å². The van der Waals surface area contributed by atoms with Crippen LogP contribution in [-0.4, -0.2) is 47.7 Å². The number of hydrogen-bond acceptors (Lipinski definition) is 6. The van der Waals surface area contributed by atoms with Crippen LogP contribution >= 0.6 is 11.3 Å². The highest BCUT2D eigenvalue weighted by molar-refractivity contribution is 7.89. The summed E-state index contributed by atoms with van der Waals surface area (Å²) in [7, 11) is -3.15. The molecule has 9 heteroatoms. The fourth-order valence-electron chi connectivity index (χ4n) is 2.23. The minimum atomic E-state index is -3.15. The van der Waals surface area contributed by atoms with Gasteiger partial charge in [0.05, 0.1) is 5.75 Å². The first kappa shape index (κ1) is 16.3. The summed E-state index contributed by atoms with van der Waals surface area (Å²) < 4.78 is 25.0. The molecule has 0 bridgehead atoms. The van der Waals surface area contributed by atoms with Crippen molar-refractivity contribution in [3.63, 3.8) is 0 Å². The Kier molecular flexibility index (Phi) is 5.28. The molecule has 1 aromatic heterocycles. The van der Waals surface area contributed by atoms with E-state index in [2.05, 4.69) is 15.5 Å². The van der Waals surface area contributed by atoms with Crippen molar-refractivity contribution in [2.75, 3.05) is 24.2 Å². The summed E-state index contributed by atoms with van der Waals surface area (Å²) in [4.78, 5) is 12.2. The van der Waals surface area contributed by atoms with Crippen molar-refractivity contribution in [3.05, 3.63) is 5.01 Å². The molecular weight excluding hydrogens is 312 g/mol. The van der Waals surface area contributed by atoms with Crippen LogP contribution in [0.1, 0.15) is 31.7 Å². The number of carbonyl (C=O) groups is 1. The minimum Gasteiger partial charge on any atom is -0.300 e. The average Bonchev–Trinajstić information content (AvgIpc) is 2.95. The maximum atomic E-state index is 12.2. The predicted octanol–water partition coefficient (Wildman–Crippen LogP) is 1.10. The number of anilines is 1. The number of aryl methyl sites for hydroxylation is 1. The first-order valence-electron chi connectivity index (χ1n) is 7.07. The molecule has 0 radical (unpaired) electrons. The van der Waals surface area contributed by atoms with Crippen LogP contribution in [0.2, 0.25) is 0 Å². The number of sulfonamides is 1. The lowest BCUT2D eigenvalue weighted by atomic mass is 9.97. The summed E-state index contributed by atoms with van der Waals surface area (Å²) in [5, 5.41) is 12.0. The molecule has 118 valence electrons. The lowest BCUT2D eigenvalue weighted by Crippen LogP contribution is -2.42. The van der Waals surface area contributed by atoms with Gasteiger partial charge in [0.25, 0.3) is 0 Å². The van der Waals surface area contributed by atoms with Crippen LogP contribution in [0, 0.1) is 5.92 Å². The molecule has 2 heterocycles. The lowest BCUT2D eigenvalue weighted by molar-refractivity contribution is -0.120. The van der Waals surface area contributed by atoms with E-state index in [0.29, 0.717) is 31.1 Å². The van der Waals surface area contributed by atoms with E-state index in [1.54, 1.807) is 6.92 Å². The number of nitrogens with zero attached hydrogens (tertiary/aromatic N) is 3. The Balaban J connectivity index is 1.88. The summed E-state index contributed by atoms with van der Waals surface area (Å²) >= 11 is 1.37. The molecule has 1 aromatic rings. The van der Waals surface area contributed by atoms with Gasteiger partial charge in [0.1, 0.15) is 5.01 Å². The largest absolute Gasteiger partial charge is 0.300 e. The van der Waals surface area contributed by atoms with Crippen LogP contribution in [0.5, 0.6) is 0 Å². The third-order valence-corrected chi connectivity index (χ3v) is 6.45. The van der Waals surface area contributed by atoms with Gasteiger partial charge in [-0.05, 0) is 26.2 Å². The maximum Gasteiger partial charge on any atom is 0.229 e. The number of amides is 1. The molecule has 0 aliphatic carbocycles. The molecule has 1 fully saturated rings. The normalized spacial score (nSPS) is 17.8. The Hall–Kier alpha value is -1.06. The third-order valence-electron chi connectivity index (χ3n) is 3.58. The van der Waals surface area contributed by atoms with Gasteiger partial charge >= 0.3 is 0 Å². The number of rotatable bonds is 5. The Morgan fingerprint density at radius 1 is 1.33 bits per heavy atom. The second kappa shape index (κ2) is 6.80. The van der Waals surface area contributed by atoms with E-state index in [9.17, 15) is 13.2 Å². The number of carbonyl (C=O) groups excluding carboxylic acids is 1. The topological polar surface area (TPSA) is 92.3 Å². The van der Waals surface area contributed by atoms with Crippen molar-refractivity contribution in [1.29, 1.82) is 0 Å². The summed E-state index contributed by atoms with van der Waals surface area (Å²) in [5.74, 6) is -0.154. The van der Waals surface area contributed by atoms with Gasteiger partial charge in [-0.1, -0.05) is 18.3 Å². The van der Waals surface area contributed by atoms with Crippen molar-refractivity contribution in [2.24, 2.45) is 5.92 Å². The zero-order valence-corrected chi connectivity index (χ0v) is 13.8. The van der Waals surface area contributed by atoms with Gasteiger partial charge in [0.15, 0.2) is 0 Å². The minimum absolute atomic E-state index is 0.0950. The van der Waals surface area contributed by atoms with Gasteiger partial charge in [-0.2, -0.15) is 0 Å². The fraction of sp³-hybridized carbons (Fsp3) is 0.750. The number of aromatic nitrogens is 2. The van der Waals surface area contributed by atoms with Gasteiger partial charge in [-0.15, -0.1) is 10.2 Å². The first-order valence-corrected chi connectivity index (χ1v) is 9.50. The Morgan fingerprint density at radius 3 is 2.52 bits per heavy atom. The molecule has 0 saturated carbocycles. The van der Waals surface area contributed by atoms with Crippen LogP contribution < -0.4 is 5.32 Å². The van der Waals surface area contributed by atoms with Crippen LogP contribution in [0.3, 0.4) is 0 Å². The Bertz CT molecular complexity index is 591. The van der Waals surface area contributed by atoms with E-state index < -0.39 is 10.0 Å². The molecule has 1 amide bonds. The van der Waals surface area contributed by atoms with Crippen LogP contribution in [0.4, 0.5) is 5.13 Å². The van der Waals surface area contributed by atoms with Crippen molar-refractivity contribution < 1.29 is 13.2 Å². The standard InChI is InChI=1S/C12H20N4O3S2/c1-3-10-14-15-12(20-10)13-11(17)9-5-7-16(8-6-9)21(18,19)4-2/h9H,3-8H2,1-2H3,(H,13,15,17). The summed E-state index contributed by atoms with van der Waals surface area (Å²) in [6, 6.07) is 0. The molecule has 21 heavy (non-hydrogen) atoms. The van der Waals surface area contributed by atoms with E-state index in [4.69, 9.17) is 0 Å². The zero-order valence-electron chi connectivity index (χ0n) is 12.2. The second-order valence-corrected chi connectivity index (χ2v) is 8.24. The number of hydrogen-bond donors (Lipinski definition) is 1. The summed E-state index contributed by atoms with van der Waals surface area (Å²) in [6.07, 6.45) is 1.88. The Morgan fingerprint density at radius 2 is 2.00 bits per heavy atom. The van der Waals surface area contributed by atoms with Gasteiger partial charge < -0.3 is 5.32 Å². The monoisotopic (exact) mass is 332 g/mol. The first-order chi connectivity index (χ1) is 9.96. The van der Waals surface area contributed by atoms with Gasteiger partial charge in [-0.25, -0.2) is 12.7 Å². The molecule has 0 atom stereocenters. The molecule has 1 saturated heterocycles. The zero-order chi connectivity index (χ0) is 15.5. The number of nitrogens with one attached hydrogen (secondary N) is 1. The fourth-order valence-corrected chi connectivity index (χ4v) is 4.05. The molecule has 1 aliphatic rings. The third kappa shape index (κ3) is 3.98. The van der Waals surface area contributed by atoms with E-state index in [1.807, 2.05) is 6.92 Å². The van der Waals surface area contributed by atoms with Crippen molar-refractivity contribution in [3.8, 4) is 0 Å². The molecule has 2 rings (SSSR count). The highest BCUT2D eigenvalue weighted by atomic mass is 32.2. The van der Waals surface area contributed by atoms with E-state index >= 15 is 0 Å². The smallest absolute Gasteiger partial charge is 0.229 e. The second-order valence-electron chi connectivity index (χ2n) is 4.92. The van der Waals surface area contributed by atoms with Crippen LogP contribution in [0.15, 0.2) is 0 Å². The van der Waals surface area contributed by atoms with Gasteiger partial charge in [0.2, 0.25) is 21.1 Å². The SMILES string of the molecule is CCc1nnc(NC(=O)C2CCN(S(=O)(=O)CC)CC2)s1. The van der Waals surface area contributed by atoms with Crippen LogP contribution in [0.25, 0.3) is 0 Å². The molecule has 0 unspecified atom stereocenters. The molecule has 0 aromatic carbocycles. The van der Waals surface area contributed by atoms with Crippen molar-refractivity contribution in [2.45, 2.75) is 33.1 Å². The van der Waals surface area contributed by atoms with E-state index in [1.165, 1.54) is 15.6 Å². The highest BCUT2D eigenvalue weighted by Crippen LogP contribution is 2.22.